The van der Waals surface area contributed by atoms with Gasteiger partial charge < -0.3 is 4.90 Å². The van der Waals surface area contributed by atoms with E-state index in [1.165, 1.54) is 6.42 Å². The minimum absolute atomic E-state index is 0.272. The SMILES string of the molecule is O=C1C(=O)N(CCCCCCCCn2cc(C3C=CC=C3)nn2)c2ccccc21. The molecule has 2 aromatic rings. The number of aromatic nitrogens is 3. The van der Waals surface area contributed by atoms with Crippen molar-refractivity contribution < 1.29 is 9.59 Å². The number of rotatable bonds is 10. The number of nitrogens with zero attached hydrogens (tertiary/aromatic N) is 4. The van der Waals surface area contributed by atoms with Gasteiger partial charge in [0.2, 0.25) is 0 Å². The molecule has 0 spiro atoms. The third kappa shape index (κ3) is 4.36. The number of ketones is 1. The van der Waals surface area contributed by atoms with Crippen molar-refractivity contribution >= 4 is 17.4 Å². The fourth-order valence-electron chi connectivity index (χ4n) is 3.93. The first kappa shape index (κ1) is 19.3. The fourth-order valence-corrected chi connectivity index (χ4v) is 3.93. The lowest BCUT2D eigenvalue weighted by Gasteiger charge is -2.16. The molecule has 0 N–H and O–H groups in total. The second-order valence-corrected chi connectivity index (χ2v) is 7.63. The van der Waals surface area contributed by atoms with E-state index in [4.69, 9.17) is 0 Å². The van der Waals surface area contributed by atoms with Gasteiger partial charge in [0.05, 0.1) is 16.9 Å². The Morgan fingerprint density at radius 1 is 0.862 bits per heavy atom. The first-order valence-corrected chi connectivity index (χ1v) is 10.4. The molecule has 0 atom stereocenters. The van der Waals surface area contributed by atoms with Gasteiger partial charge in [0.25, 0.3) is 11.7 Å². The van der Waals surface area contributed by atoms with Crippen LogP contribution in [0.5, 0.6) is 0 Å². The molecule has 4 rings (SSSR count). The molecule has 0 fully saturated rings. The van der Waals surface area contributed by atoms with E-state index in [-0.39, 0.29) is 17.6 Å². The number of para-hydroxylation sites is 1. The molecule has 1 aliphatic carbocycles. The van der Waals surface area contributed by atoms with Crippen molar-refractivity contribution in [1.82, 2.24) is 15.0 Å². The maximum atomic E-state index is 12.1. The first-order valence-electron chi connectivity index (χ1n) is 10.4. The molecule has 2 aliphatic rings. The number of fused-ring (bicyclic) bond motifs is 1. The molecule has 1 amide bonds. The van der Waals surface area contributed by atoms with Crippen molar-refractivity contribution in [2.75, 3.05) is 11.4 Å². The normalized spacial score (nSPS) is 15.7. The molecule has 2 heterocycles. The van der Waals surface area contributed by atoms with Gasteiger partial charge >= 0.3 is 0 Å². The molecule has 1 aromatic heterocycles. The Kier molecular flexibility index (Phi) is 5.98. The molecule has 1 aromatic carbocycles. The van der Waals surface area contributed by atoms with Gasteiger partial charge in [0.15, 0.2) is 0 Å². The third-order valence-corrected chi connectivity index (χ3v) is 5.54. The second kappa shape index (κ2) is 8.99. The van der Waals surface area contributed by atoms with Crippen LogP contribution in [0, 0.1) is 0 Å². The summed E-state index contributed by atoms with van der Waals surface area (Å²) in [5, 5.41) is 8.47. The number of carbonyl (C=O) groups is 2. The maximum absolute atomic E-state index is 12.1. The number of unbranched alkanes of at least 4 members (excludes halogenated alkanes) is 5. The molecule has 1 aliphatic heterocycles. The van der Waals surface area contributed by atoms with Crippen LogP contribution in [0.15, 0.2) is 54.8 Å². The van der Waals surface area contributed by atoms with Gasteiger partial charge in [-0.2, -0.15) is 0 Å². The molecule has 0 radical (unpaired) electrons. The summed E-state index contributed by atoms with van der Waals surface area (Å²) in [5.41, 5.74) is 2.30. The lowest BCUT2D eigenvalue weighted by Crippen LogP contribution is -2.30. The Bertz CT molecular complexity index is 932. The average molecular weight is 390 g/mol. The number of amides is 1. The van der Waals surface area contributed by atoms with Crippen LogP contribution < -0.4 is 4.90 Å². The average Bonchev–Trinajstić information content (AvgIpc) is 3.47. The predicted molar refractivity (Wildman–Crippen MR) is 112 cm³/mol. The molecular formula is C23H26N4O2. The van der Waals surface area contributed by atoms with Crippen LogP contribution >= 0.6 is 0 Å². The van der Waals surface area contributed by atoms with Gasteiger partial charge in [0.1, 0.15) is 0 Å². The molecule has 6 nitrogen and oxygen atoms in total. The van der Waals surface area contributed by atoms with E-state index in [1.807, 2.05) is 35.2 Å². The van der Waals surface area contributed by atoms with Gasteiger partial charge in [0, 0.05) is 25.2 Å². The van der Waals surface area contributed by atoms with E-state index in [0.717, 1.165) is 50.0 Å². The van der Waals surface area contributed by atoms with Crippen LogP contribution in [-0.4, -0.2) is 33.2 Å². The highest BCUT2D eigenvalue weighted by atomic mass is 16.2. The van der Waals surface area contributed by atoms with Crippen LogP contribution in [0.25, 0.3) is 0 Å². The van der Waals surface area contributed by atoms with Crippen LogP contribution in [0.2, 0.25) is 0 Å². The zero-order valence-electron chi connectivity index (χ0n) is 16.5. The fraction of sp³-hybridized carbons (Fsp3) is 0.391. The Balaban J connectivity index is 1.10. The smallest absolute Gasteiger partial charge is 0.299 e. The molecule has 29 heavy (non-hydrogen) atoms. The summed E-state index contributed by atoms with van der Waals surface area (Å²) in [6.07, 6.45) is 16.9. The van der Waals surface area contributed by atoms with E-state index >= 15 is 0 Å². The van der Waals surface area contributed by atoms with Crippen molar-refractivity contribution in [3.8, 4) is 0 Å². The van der Waals surface area contributed by atoms with E-state index < -0.39 is 0 Å². The largest absolute Gasteiger partial charge is 0.305 e. The van der Waals surface area contributed by atoms with Crippen molar-refractivity contribution in [2.24, 2.45) is 0 Å². The van der Waals surface area contributed by atoms with Crippen LogP contribution in [0.1, 0.15) is 60.5 Å². The van der Waals surface area contributed by atoms with Crippen LogP contribution in [-0.2, 0) is 11.3 Å². The lowest BCUT2D eigenvalue weighted by molar-refractivity contribution is -0.114. The number of hydrogen-bond acceptors (Lipinski definition) is 4. The monoisotopic (exact) mass is 390 g/mol. The molecule has 0 bridgehead atoms. The number of allylic oxidation sites excluding steroid dienone is 4. The summed E-state index contributed by atoms with van der Waals surface area (Å²) in [6.45, 7) is 1.52. The van der Waals surface area contributed by atoms with Gasteiger partial charge in [-0.25, -0.2) is 0 Å². The highest BCUT2D eigenvalue weighted by molar-refractivity contribution is 6.52. The number of anilines is 1. The minimum atomic E-state index is -0.387. The zero-order valence-corrected chi connectivity index (χ0v) is 16.5. The first-order chi connectivity index (χ1) is 14.2. The molecule has 0 saturated heterocycles. The van der Waals surface area contributed by atoms with E-state index in [0.29, 0.717) is 12.1 Å². The van der Waals surface area contributed by atoms with Gasteiger partial charge in [-0.05, 0) is 25.0 Å². The minimum Gasteiger partial charge on any atom is -0.305 e. The third-order valence-electron chi connectivity index (χ3n) is 5.54. The van der Waals surface area contributed by atoms with Crippen molar-refractivity contribution in [2.45, 2.75) is 51.0 Å². The quantitative estimate of drug-likeness (QED) is 0.453. The van der Waals surface area contributed by atoms with E-state index in [2.05, 4.69) is 22.5 Å². The molecule has 0 saturated carbocycles. The summed E-state index contributed by atoms with van der Waals surface area (Å²) in [4.78, 5) is 25.8. The highest BCUT2D eigenvalue weighted by Crippen LogP contribution is 2.28. The molecule has 6 heteroatoms. The Morgan fingerprint density at radius 3 is 2.34 bits per heavy atom. The Morgan fingerprint density at radius 2 is 1.55 bits per heavy atom. The van der Waals surface area contributed by atoms with Crippen LogP contribution in [0.3, 0.4) is 0 Å². The van der Waals surface area contributed by atoms with E-state index in [1.54, 1.807) is 17.0 Å². The number of benzene rings is 1. The van der Waals surface area contributed by atoms with Crippen LogP contribution in [0.4, 0.5) is 5.69 Å². The second-order valence-electron chi connectivity index (χ2n) is 7.63. The number of Topliss-reactive ketones (excluding diaryl/α,β-unsaturated/α-hetero) is 1. The maximum Gasteiger partial charge on any atom is 0.299 e. The molecule has 0 unspecified atom stereocenters. The summed E-state index contributed by atoms with van der Waals surface area (Å²) in [6, 6.07) is 7.26. The summed E-state index contributed by atoms with van der Waals surface area (Å²) in [5.74, 6) is -0.493. The molecular weight excluding hydrogens is 364 g/mol. The van der Waals surface area contributed by atoms with Crippen molar-refractivity contribution in [3.63, 3.8) is 0 Å². The zero-order chi connectivity index (χ0) is 20.1. The summed E-state index contributed by atoms with van der Waals surface area (Å²) < 4.78 is 1.93. The molecule has 150 valence electrons. The number of carbonyl (C=O) groups excluding carboxylic acids is 2. The number of hydrogen-bond donors (Lipinski definition) is 0. The number of aryl methyl sites for hydroxylation is 1. The van der Waals surface area contributed by atoms with Gasteiger partial charge in [-0.15, -0.1) is 5.10 Å². The van der Waals surface area contributed by atoms with E-state index in [9.17, 15) is 9.59 Å². The lowest BCUT2D eigenvalue weighted by atomic mass is 10.1. The highest BCUT2D eigenvalue weighted by Gasteiger charge is 2.34. The van der Waals surface area contributed by atoms with Gasteiger partial charge in [-0.3, -0.25) is 14.3 Å². The Labute approximate surface area is 170 Å². The topological polar surface area (TPSA) is 68.1 Å². The van der Waals surface area contributed by atoms with Gasteiger partial charge in [-0.1, -0.05) is 67.3 Å². The van der Waals surface area contributed by atoms with Crippen molar-refractivity contribution in [3.05, 3.63) is 66.0 Å². The standard InChI is InChI=1S/C23H26N4O2/c28-22-19-13-7-8-14-21(19)27(23(22)29)16-10-4-2-1-3-9-15-26-17-20(24-25-26)18-11-5-6-12-18/h5-8,11-14,17-18H,1-4,9-10,15-16H2. The predicted octanol–water partition coefficient (Wildman–Crippen LogP) is 4.06. The summed E-state index contributed by atoms with van der Waals surface area (Å²) in [7, 11) is 0. The Hall–Kier alpha value is -3.02. The summed E-state index contributed by atoms with van der Waals surface area (Å²) >= 11 is 0. The van der Waals surface area contributed by atoms with Crippen molar-refractivity contribution in [1.29, 1.82) is 0 Å².